The molecule has 0 fully saturated rings. The van der Waals surface area contributed by atoms with Crippen molar-refractivity contribution in [3.63, 3.8) is 0 Å². The first-order valence-corrected chi connectivity index (χ1v) is 7.19. The van der Waals surface area contributed by atoms with Crippen LogP contribution in [0.15, 0.2) is 40.9 Å². The van der Waals surface area contributed by atoms with Crippen molar-refractivity contribution in [2.24, 2.45) is 0 Å². The van der Waals surface area contributed by atoms with Gasteiger partial charge in [0.25, 0.3) is 0 Å². The fourth-order valence-corrected chi connectivity index (χ4v) is 2.87. The molecule has 0 bridgehead atoms. The molecule has 20 heavy (non-hydrogen) atoms. The van der Waals surface area contributed by atoms with Crippen molar-refractivity contribution in [2.45, 2.75) is 6.04 Å². The number of methoxy groups -OCH3 is 1. The van der Waals surface area contributed by atoms with Crippen LogP contribution in [0.2, 0.25) is 5.02 Å². The first-order valence-electron chi connectivity index (χ1n) is 6.02. The number of benzene rings is 2. The summed E-state index contributed by atoms with van der Waals surface area (Å²) in [6.07, 6.45) is 0. The van der Waals surface area contributed by atoms with E-state index in [-0.39, 0.29) is 11.9 Å². The first kappa shape index (κ1) is 15.3. The standard InChI is InChI=1S/C15H14BrClFNO/c1-19-15(11-5-3-9(16)7-13(11)17)12-6-4-10(20-2)8-14(12)18/h3-8,15,19H,1-2H3. The number of hydrogen-bond donors (Lipinski definition) is 1. The Morgan fingerprint density at radius 2 is 1.90 bits per heavy atom. The quantitative estimate of drug-likeness (QED) is 0.865. The highest BCUT2D eigenvalue weighted by Crippen LogP contribution is 2.32. The smallest absolute Gasteiger partial charge is 0.132 e. The van der Waals surface area contributed by atoms with E-state index in [1.54, 1.807) is 25.2 Å². The summed E-state index contributed by atoms with van der Waals surface area (Å²) in [4.78, 5) is 0. The van der Waals surface area contributed by atoms with Crippen molar-refractivity contribution in [1.29, 1.82) is 0 Å². The predicted octanol–water partition coefficient (Wildman–Crippen LogP) is 4.56. The van der Waals surface area contributed by atoms with Crippen LogP contribution < -0.4 is 10.1 Å². The van der Waals surface area contributed by atoms with Crippen LogP contribution in [0, 0.1) is 5.82 Å². The minimum Gasteiger partial charge on any atom is -0.497 e. The average Bonchev–Trinajstić information content (AvgIpc) is 2.43. The van der Waals surface area contributed by atoms with Gasteiger partial charge in [-0.3, -0.25) is 0 Å². The number of rotatable bonds is 4. The van der Waals surface area contributed by atoms with Gasteiger partial charge in [-0.15, -0.1) is 0 Å². The molecule has 5 heteroatoms. The Morgan fingerprint density at radius 1 is 1.20 bits per heavy atom. The van der Waals surface area contributed by atoms with Crippen LogP contribution in [-0.2, 0) is 0 Å². The number of hydrogen-bond acceptors (Lipinski definition) is 2. The molecule has 0 saturated carbocycles. The number of halogens is 3. The fourth-order valence-electron chi connectivity index (χ4n) is 2.08. The van der Waals surface area contributed by atoms with E-state index < -0.39 is 0 Å². The number of nitrogens with one attached hydrogen (secondary N) is 1. The molecule has 0 radical (unpaired) electrons. The topological polar surface area (TPSA) is 21.3 Å². The van der Waals surface area contributed by atoms with Gasteiger partial charge in [-0.1, -0.05) is 39.7 Å². The second-order valence-electron chi connectivity index (χ2n) is 4.27. The summed E-state index contributed by atoms with van der Waals surface area (Å²) in [6, 6.07) is 10.0. The number of ether oxygens (including phenoxy) is 1. The SMILES string of the molecule is CNC(c1ccc(OC)cc1F)c1ccc(Br)cc1Cl. The first-order chi connectivity index (χ1) is 9.56. The van der Waals surface area contributed by atoms with Crippen molar-refractivity contribution in [2.75, 3.05) is 14.2 Å². The van der Waals surface area contributed by atoms with Gasteiger partial charge < -0.3 is 10.1 Å². The Balaban J connectivity index is 2.47. The summed E-state index contributed by atoms with van der Waals surface area (Å²) in [6.45, 7) is 0. The Labute approximate surface area is 131 Å². The summed E-state index contributed by atoms with van der Waals surface area (Å²) in [5, 5.41) is 3.67. The van der Waals surface area contributed by atoms with Crippen molar-refractivity contribution in [1.82, 2.24) is 5.32 Å². The molecule has 0 aliphatic heterocycles. The second-order valence-corrected chi connectivity index (χ2v) is 5.60. The van der Waals surface area contributed by atoms with E-state index in [1.165, 1.54) is 13.2 Å². The maximum absolute atomic E-state index is 14.2. The van der Waals surface area contributed by atoms with Gasteiger partial charge in [0, 0.05) is 21.1 Å². The average molecular weight is 359 g/mol. The third-order valence-electron chi connectivity index (χ3n) is 3.08. The van der Waals surface area contributed by atoms with E-state index in [1.807, 2.05) is 12.1 Å². The van der Waals surface area contributed by atoms with Crippen LogP contribution >= 0.6 is 27.5 Å². The lowest BCUT2D eigenvalue weighted by Gasteiger charge is -2.19. The largest absolute Gasteiger partial charge is 0.497 e. The lowest BCUT2D eigenvalue weighted by Crippen LogP contribution is -2.19. The molecule has 106 valence electrons. The lowest BCUT2D eigenvalue weighted by atomic mass is 9.98. The molecular weight excluding hydrogens is 345 g/mol. The zero-order valence-electron chi connectivity index (χ0n) is 11.1. The van der Waals surface area contributed by atoms with Gasteiger partial charge in [0.1, 0.15) is 11.6 Å². The highest BCUT2D eigenvalue weighted by Gasteiger charge is 2.19. The molecule has 2 aromatic rings. The molecule has 0 amide bonds. The summed E-state index contributed by atoms with van der Waals surface area (Å²) in [7, 11) is 3.28. The van der Waals surface area contributed by atoms with Crippen molar-refractivity contribution in [3.8, 4) is 5.75 Å². The molecule has 1 N–H and O–H groups in total. The van der Waals surface area contributed by atoms with Gasteiger partial charge >= 0.3 is 0 Å². The minimum absolute atomic E-state index is 0.318. The second kappa shape index (κ2) is 6.57. The van der Waals surface area contributed by atoms with Crippen LogP contribution in [0.1, 0.15) is 17.2 Å². The van der Waals surface area contributed by atoms with Gasteiger partial charge in [0.2, 0.25) is 0 Å². The molecule has 0 spiro atoms. The van der Waals surface area contributed by atoms with E-state index in [2.05, 4.69) is 21.2 Å². The molecule has 0 heterocycles. The summed E-state index contributed by atoms with van der Waals surface area (Å²) in [5.74, 6) is 0.158. The zero-order chi connectivity index (χ0) is 14.7. The van der Waals surface area contributed by atoms with Crippen molar-refractivity contribution in [3.05, 3.63) is 62.8 Å². The Hall–Kier alpha value is -1.10. The van der Waals surface area contributed by atoms with Gasteiger partial charge in [-0.25, -0.2) is 4.39 Å². The predicted molar refractivity (Wildman–Crippen MR) is 83.0 cm³/mol. The maximum Gasteiger partial charge on any atom is 0.132 e. The van der Waals surface area contributed by atoms with E-state index >= 15 is 0 Å². The molecule has 0 aliphatic carbocycles. The van der Waals surface area contributed by atoms with Crippen LogP contribution in [-0.4, -0.2) is 14.2 Å². The molecule has 2 aromatic carbocycles. The third-order valence-corrected chi connectivity index (χ3v) is 3.90. The molecule has 1 unspecified atom stereocenters. The van der Waals surface area contributed by atoms with E-state index in [0.29, 0.717) is 16.3 Å². The molecule has 0 aliphatic rings. The van der Waals surface area contributed by atoms with E-state index in [4.69, 9.17) is 16.3 Å². The maximum atomic E-state index is 14.2. The Kier molecular flexibility index (Phi) is 5.02. The van der Waals surface area contributed by atoms with Gasteiger partial charge in [0.05, 0.1) is 13.2 Å². The van der Waals surface area contributed by atoms with Gasteiger partial charge in [0.15, 0.2) is 0 Å². The molecular formula is C15H14BrClFNO. The van der Waals surface area contributed by atoms with Gasteiger partial charge in [-0.05, 0) is 30.8 Å². The normalized spacial score (nSPS) is 12.2. The fraction of sp³-hybridized carbons (Fsp3) is 0.200. The molecule has 2 nitrogen and oxygen atoms in total. The van der Waals surface area contributed by atoms with Crippen LogP contribution in [0.4, 0.5) is 4.39 Å². The van der Waals surface area contributed by atoms with Crippen LogP contribution in [0.5, 0.6) is 5.75 Å². The van der Waals surface area contributed by atoms with Crippen molar-refractivity contribution < 1.29 is 9.13 Å². The molecule has 0 saturated heterocycles. The van der Waals surface area contributed by atoms with E-state index in [0.717, 1.165) is 10.0 Å². The molecule has 1 atom stereocenters. The highest BCUT2D eigenvalue weighted by atomic mass is 79.9. The van der Waals surface area contributed by atoms with Crippen molar-refractivity contribution >= 4 is 27.5 Å². The monoisotopic (exact) mass is 357 g/mol. The molecule has 2 rings (SSSR count). The zero-order valence-corrected chi connectivity index (χ0v) is 13.4. The minimum atomic E-state index is -0.331. The van der Waals surface area contributed by atoms with Crippen LogP contribution in [0.3, 0.4) is 0 Å². The Morgan fingerprint density at radius 3 is 2.45 bits per heavy atom. The third kappa shape index (κ3) is 3.14. The lowest BCUT2D eigenvalue weighted by molar-refractivity contribution is 0.410. The van der Waals surface area contributed by atoms with E-state index in [9.17, 15) is 4.39 Å². The van der Waals surface area contributed by atoms with Gasteiger partial charge in [-0.2, -0.15) is 0 Å². The summed E-state index contributed by atoms with van der Waals surface area (Å²) in [5.41, 5.74) is 1.35. The summed E-state index contributed by atoms with van der Waals surface area (Å²) >= 11 is 9.61. The molecule has 0 aromatic heterocycles. The Bertz CT molecular complexity index is 621. The highest BCUT2D eigenvalue weighted by molar-refractivity contribution is 9.10. The summed E-state index contributed by atoms with van der Waals surface area (Å²) < 4.78 is 20.1. The van der Waals surface area contributed by atoms with Crippen LogP contribution in [0.25, 0.3) is 0 Å².